The Hall–Kier alpha value is -2.70. The van der Waals surface area contributed by atoms with E-state index in [1.54, 1.807) is 20.4 Å². The molecule has 1 aliphatic rings. The number of hydrogen-bond acceptors (Lipinski definition) is 4. The maximum absolute atomic E-state index is 12.0. The Labute approximate surface area is 135 Å². The van der Waals surface area contributed by atoms with Gasteiger partial charge < -0.3 is 15.4 Å². The van der Waals surface area contributed by atoms with E-state index in [1.807, 2.05) is 18.7 Å². The van der Waals surface area contributed by atoms with Crippen LogP contribution in [0.15, 0.2) is 28.3 Å². The summed E-state index contributed by atoms with van der Waals surface area (Å²) in [6, 6.07) is 0. The van der Waals surface area contributed by atoms with Crippen molar-refractivity contribution in [3.05, 3.63) is 35.2 Å². The highest BCUT2D eigenvalue weighted by Crippen LogP contribution is 2.26. The van der Waals surface area contributed by atoms with Crippen molar-refractivity contribution in [1.82, 2.24) is 9.88 Å². The van der Waals surface area contributed by atoms with Gasteiger partial charge in [0.2, 0.25) is 5.96 Å². The molecule has 2 rings (SSSR count). The van der Waals surface area contributed by atoms with Gasteiger partial charge in [0.1, 0.15) is 11.6 Å². The maximum atomic E-state index is 12.0. The number of pyridine rings is 1. The van der Waals surface area contributed by atoms with Gasteiger partial charge in [-0.25, -0.2) is 0 Å². The SMILES string of the molecule is C=C1C(=O)CN(Cc2cnc(C)c(OC)c2C)/C1=N/C(N)=N\C. The zero-order valence-electron chi connectivity index (χ0n) is 13.9. The number of nitrogens with two attached hydrogens (primary N) is 1. The summed E-state index contributed by atoms with van der Waals surface area (Å²) in [6.07, 6.45) is 1.79. The molecule has 0 unspecified atom stereocenters. The second-order valence-electron chi connectivity index (χ2n) is 5.30. The van der Waals surface area contributed by atoms with Crippen LogP contribution in [0.5, 0.6) is 5.75 Å². The van der Waals surface area contributed by atoms with E-state index < -0.39 is 0 Å². The highest BCUT2D eigenvalue weighted by atomic mass is 16.5. The highest BCUT2D eigenvalue weighted by Gasteiger charge is 2.31. The molecule has 2 N–H and O–H groups in total. The second kappa shape index (κ2) is 6.60. The van der Waals surface area contributed by atoms with E-state index in [1.165, 1.54) is 0 Å². The Morgan fingerprint density at radius 3 is 2.83 bits per heavy atom. The van der Waals surface area contributed by atoms with Gasteiger partial charge >= 0.3 is 0 Å². The monoisotopic (exact) mass is 315 g/mol. The van der Waals surface area contributed by atoms with E-state index in [-0.39, 0.29) is 18.3 Å². The molecule has 0 aliphatic carbocycles. The van der Waals surface area contributed by atoms with Gasteiger partial charge in [0, 0.05) is 19.8 Å². The molecule has 0 atom stereocenters. The van der Waals surface area contributed by atoms with Crippen LogP contribution in [0.1, 0.15) is 16.8 Å². The number of guanidine groups is 1. The molecule has 23 heavy (non-hydrogen) atoms. The summed E-state index contributed by atoms with van der Waals surface area (Å²) < 4.78 is 5.40. The Bertz CT molecular complexity index is 721. The van der Waals surface area contributed by atoms with Crippen LogP contribution in [0.4, 0.5) is 0 Å². The highest BCUT2D eigenvalue weighted by molar-refractivity contribution is 6.28. The van der Waals surface area contributed by atoms with Gasteiger partial charge in [-0.05, 0) is 25.0 Å². The van der Waals surface area contributed by atoms with E-state index in [0.717, 1.165) is 22.6 Å². The van der Waals surface area contributed by atoms with Crippen molar-refractivity contribution in [3.8, 4) is 5.75 Å². The van der Waals surface area contributed by atoms with Crippen molar-refractivity contribution < 1.29 is 9.53 Å². The van der Waals surface area contributed by atoms with Crippen LogP contribution in [0.3, 0.4) is 0 Å². The normalized spacial score (nSPS) is 17.3. The molecule has 0 saturated carbocycles. The number of ether oxygens (including phenoxy) is 1. The van der Waals surface area contributed by atoms with Crippen molar-refractivity contribution >= 4 is 17.6 Å². The first-order chi connectivity index (χ1) is 10.9. The smallest absolute Gasteiger partial charge is 0.217 e. The fraction of sp³-hybridized carbons (Fsp3) is 0.375. The van der Waals surface area contributed by atoms with Crippen LogP contribution in [-0.4, -0.2) is 48.2 Å². The topological polar surface area (TPSA) is 93.2 Å². The molecule has 0 bridgehead atoms. The standard InChI is InChI=1S/C16H21N5O2/c1-9-12(6-19-11(3)14(9)23-5)7-21-8-13(22)10(2)15(21)20-16(17)18-4/h6H,2,7-8H2,1,3-5H3,(H2,17,18)/b20-15+. The molecular weight excluding hydrogens is 294 g/mol. The fourth-order valence-electron chi connectivity index (χ4n) is 2.50. The summed E-state index contributed by atoms with van der Waals surface area (Å²) in [7, 11) is 3.16. The molecule has 2 heterocycles. The summed E-state index contributed by atoms with van der Waals surface area (Å²) in [5.74, 6) is 1.24. The van der Waals surface area contributed by atoms with Crippen LogP contribution < -0.4 is 10.5 Å². The molecule has 7 heteroatoms. The number of carbonyl (C=O) groups is 1. The van der Waals surface area contributed by atoms with Crippen LogP contribution >= 0.6 is 0 Å². The summed E-state index contributed by atoms with van der Waals surface area (Å²) >= 11 is 0. The first-order valence-electron chi connectivity index (χ1n) is 7.16. The number of nitrogens with zero attached hydrogens (tertiary/aromatic N) is 4. The Morgan fingerprint density at radius 2 is 2.22 bits per heavy atom. The van der Waals surface area contributed by atoms with Gasteiger partial charge in [-0.3, -0.25) is 14.8 Å². The third kappa shape index (κ3) is 3.23. The number of ketones is 1. The van der Waals surface area contributed by atoms with Crippen LogP contribution in [0, 0.1) is 13.8 Å². The Kier molecular flexibility index (Phi) is 4.78. The van der Waals surface area contributed by atoms with E-state index >= 15 is 0 Å². The average Bonchev–Trinajstić information content (AvgIpc) is 2.78. The maximum Gasteiger partial charge on any atom is 0.217 e. The van der Waals surface area contributed by atoms with Crippen molar-refractivity contribution in [3.63, 3.8) is 0 Å². The Morgan fingerprint density at radius 1 is 1.52 bits per heavy atom. The number of aliphatic imine (C=N–C) groups is 2. The van der Waals surface area contributed by atoms with E-state index in [9.17, 15) is 4.79 Å². The predicted molar refractivity (Wildman–Crippen MR) is 89.8 cm³/mol. The zero-order valence-corrected chi connectivity index (χ0v) is 13.9. The van der Waals surface area contributed by atoms with Crippen LogP contribution in [-0.2, 0) is 11.3 Å². The number of methoxy groups -OCH3 is 1. The molecule has 0 spiro atoms. The molecule has 0 aromatic carbocycles. The van der Waals surface area contributed by atoms with E-state index in [2.05, 4.69) is 21.5 Å². The molecule has 0 amide bonds. The number of aromatic nitrogens is 1. The first-order valence-corrected chi connectivity index (χ1v) is 7.16. The molecule has 0 radical (unpaired) electrons. The number of aryl methyl sites for hydroxylation is 1. The van der Waals surface area contributed by atoms with Crippen molar-refractivity contribution in [1.29, 1.82) is 0 Å². The number of likely N-dealkylation sites (tertiary alicyclic amines) is 1. The zero-order chi connectivity index (χ0) is 17.1. The molecule has 1 aliphatic heterocycles. The summed E-state index contributed by atoms with van der Waals surface area (Å²) in [5, 5.41) is 0. The summed E-state index contributed by atoms with van der Waals surface area (Å²) in [6.45, 7) is 8.33. The summed E-state index contributed by atoms with van der Waals surface area (Å²) in [4.78, 5) is 26.1. The largest absolute Gasteiger partial charge is 0.495 e. The van der Waals surface area contributed by atoms with Gasteiger partial charge in [0.15, 0.2) is 5.78 Å². The Balaban J connectivity index is 2.37. The predicted octanol–water partition coefficient (Wildman–Crippen LogP) is 0.991. The minimum atomic E-state index is -0.0719. The molecule has 7 nitrogen and oxygen atoms in total. The molecule has 122 valence electrons. The van der Waals surface area contributed by atoms with Crippen LogP contribution in [0.2, 0.25) is 0 Å². The lowest BCUT2D eigenvalue weighted by Gasteiger charge is -2.20. The third-order valence-electron chi connectivity index (χ3n) is 3.82. The fourth-order valence-corrected chi connectivity index (χ4v) is 2.50. The van der Waals surface area contributed by atoms with E-state index in [4.69, 9.17) is 10.5 Å². The molecule has 1 aromatic heterocycles. The molecule has 1 fully saturated rings. The van der Waals surface area contributed by atoms with Gasteiger partial charge in [-0.15, -0.1) is 0 Å². The first kappa shape index (κ1) is 16.7. The second-order valence-corrected chi connectivity index (χ2v) is 5.30. The van der Waals surface area contributed by atoms with Gasteiger partial charge in [-0.2, -0.15) is 4.99 Å². The number of rotatable bonds is 3. The average molecular weight is 315 g/mol. The van der Waals surface area contributed by atoms with Crippen molar-refractivity contribution in [2.45, 2.75) is 20.4 Å². The van der Waals surface area contributed by atoms with Crippen LogP contribution in [0.25, 0.3) is 0 Å². The molecule has 1 aromatic rings. The molecular formula is C16H21N5O2. The minimum absolute atomic E-state index is 0.0719. The number of amidine groups is 1. The molecule has 1 saturated heterocycles. The van der Waals surface area contributed by atoms with Gasteiger partial charge in [-0.1, -0.05) is 6.58 Å². The lowest BCUT2D eigenvalue weighted by atomic mass is 10.1. The lowest BCUT2D eigenvalue weighted by Crippen LogP contribution is -2.28. The number of Topliss-reactive ketones (excluding diaryl/α,β-unsaturated/α-hetero) is 1. The summed E-state index contributed by atoms with van der Waals surface area (Å²) in [5.41, 5.74) is 8.78. The van der Waals surface area contributed by atoms with Gasteiger partial charge in [0.05, 0.1) is 24.9 Å². The van der Waals surface area contributed by atoms with Crippen molar-refractivity contribution in [2.75, 3.05) is 20.7 Å². The number of hydrogen-bond donors (Lipinski definition) is 1. The van der Waals surface area contributed by atoms with Crippen molar-refractivity contribution in [2.24, 2.45) is 15.7 Å². The van der Waals surface area contributed by atoms with E-state index in [0.29, 0.717) is 18.0 Å². The quantitative estimate of drug-likeness (QED) is 0.510. The minimum Gasteiger partial charge on any atom is -0.495 e. The van der Waals surface area contributed by atoms with Gasteiger partial charge in [0.25, 0.3) is 0 Å². The lowest BCUT2D eigenvalue weighted by molar-refractivity contribution is -0.114. The third-order valence-corrected chi connectivity index (χ3v) is 3.82. The number of carbonyl (C=O) groups excluding carboxylic acids is 1.